The van der Waals surface area contributed by atoms with Crippen molar-refractivity contribution >= 4 is 5.78 Å². The molecule has 1 atom stereocenters. The molecule has 0 saturated carbocycles. The van der Waals surface area contributed by atoms with Crippen molar-refractivity contribution in [2.45, 2.75) is 39.7 Å². The molecule has 3 heteroatoms. The highest BCUT2D eigenvalue weighted by Crippen LogP contribution is 2.18. The van der Waals surface area contributed by atoms with E-state index < -0.39 is 0 Å². The molecule has 1 heterocycles. The van der Waals surface area contributed by atoms with Gasteiger partial charge >= 0.3 is 0 Å². The fraction of sp³-hybridized carbons (Fsp3) is 0.611. The topological polar surface area (TPSA) is 23.6 Å². The predicted octanol–water partition coefficient (Wildman–Crippen LogP) is 2.82. The summed E-state index contributed by atoms with van der Waals surface area (Å²) in [6.07, 6.45) is 2.42. The first-order valence-electron chi connectivity index (χ1n) is 7.88. The largest absolute Gasteiger partial charge is 0.305 e. The zero-order chi connectivity index (χ0) is 15.6. The maximum Gasteiger partial charge on any atom is 0.177 e. The van der Waals surface area contributed by atoms with E-state index >= 15 is 0 Å². The van der Waals surface area contributed by atoms with Crippen molar-refractivity contribution in [1.82, 2.24) is 9.80 Å². The number of rotatable bonds is 4. The number of Topliss-reactive ketones (excluding diaryl/α,β-unsaturated/α-hetero) is 1. The van der Waals surface area contributed by atoms with Gasteiger partial charge in [0, 0.05) is 18.2 Å². The van der Waals surface area contributed by atoms with Gasteiger partial charge < -0.3 is 4.90 Å². The summed E-state index contributed by atoms with van der Waals surface area (Å²) < 4.78 is 0. The number of hydrogen-bond donors (Lipinski definition) is 0. The standard InChI is InChI=1S/C18H28N2O/c1-13-9-15(3)17(10-14(13)2)18(21)12-20(5)16-7-6-8-19(4)11-16/h9-10,16H,6-8,11-12H2,1-5H3. The lowest BCUT2D eigenvalue weighted by molar-refractivity contribution is 0.0857. The zero-order valence-corrected chi connectivity index (χ0v) is 14.1. The smallest absolute Gasteiger partial charge is 0.177 e. The van der Waals surface area contributed by atoms with Crippen LogP contribution in [0.5, 0.6) is 0 Å². The summed E-state index contributed by atoms with van der Waals surface area (Å²) >= 11 is 0. The second-order valence-electron chi connectivity index (χ2n) is 6.65. The molecule has 0 bridgehead atoms. The minimum atomic E-state index is 0.242. The van der Waals surface area contributed by atoms with Crippen LogP contribution in [0.1, 0.15) is 39.9 Å². The van der Waals surface area contributed by atoms with Crippen LogP contribution in [0.4, 0.5) is 0 Å². The molecule has 1 aromatic rings. The van der Waals surface area contributed by atoms with Crippen molar-refractivity contribution < 1.29 is 4.79 Å². The van der Waals surface area contributed by atoms with Crippen molar-refractivity contribution in [1.29, 1.82) is 0 Å². The quantitative estimate of drug-likeness (QED) is 0.796. The number of benzene rings is 1. The number of carbonyl (C=O) groups is 1. The van der Waals surface area contributed by atoms with Crippen LogP contribution >= 0.6 is 0 Å². The molecule has 0 spiro atoms. The first-order valence-corrected chi connectivity index (χ1v) is 7.88. The van der Waals surface area contributed by atoms with Crippen molar-refractivity contribution in [2.75, 3.05) is 33.7 Å². The summed E-state index contributed by atoms with van der Waals surface area (Å²) in [5.41, 5.74) is 4.43. The number of aryl methyl sites for hydroxylation is 3. The summed E-state index contributed by atoms with van der Waals surface area (Å²) in [5.74, 6) is 0.242. The van der Waals surface area contributed by atoms with Crippen LogP contribution in [0.2, 0.25) is 0 Å². The Morgan fingerprint density at radius 3 is 2.57 bits per heavy atom. The number of likely N-dealkylation sites (N-methyl/N-ethyl adjacent to an activating group) is 2. The molecule has 3 nitrogen and oxygen atoms in total. The Kier molecular flexibility index (Phi) is 5.17. The van der Waals surface area contributed by atoms with E-state index in [9.17, 15) is 4.79 Å². The van der Waals surface area contributed by atoms with Crippen molar-refractivity contribution in [2.24, 2.45) is 0 Å². The summed E-state index contributed by atoms with van der Waals surface area (Å²) in [5, 5.41) is 0. The zero-order valence-electron chi connectivity index (χ0n) is 14.1. The molecule has 2 rings (SSSR count). The predicted molar refractivity (Wildman–Crippen MR) is 88.1 cm³/mol. The molecule has 0 N–H and O–H groups in total. The first-order chi connectivity index (χ1) is 9.88. The van der Waals surface area contributed by atoms with Crippen LogP contribution in [0.3, 0.4) is 0 Å². The van der Waals surface area contributed by atoms with E-state index in [2.05, 4.69) is 43.8 Å². The molecule has 1 aliphatic rings. The highest BCUT2D eigenvalue weighted by atomic mass is 16.1. The molecular formula is C18H28N2O. The van der Waals surface area contributed by atoms with Gasteiger partial charge in [-0.05, 0) is 77.0 Å². The first kappa shape index (κ1) is 16.2. The van der Waals surface area contributed by atoms with Gasteiger partial charge in [-0.25, -0.2) is 0 Å². The molecule has 1 aliphatic heterocycles. The number of nitrogens with zero attached hydrogens (tertiary/aromatic N) is 2. The number of piperidine rings is 1. The molecule has 1 fully saturated rings. The number of carbonyl (C=O) groups excluding carboxylic acids is 1. The average molecular weight is 288 g/mol. The fourth-order valence-corrected chi connectivity index (χ4v) is 3.20. The van der Waals surface area contributed by atoms with Crippen LogP contribution in [0, 0.1) is 20.8 Å². The van der Waals surface area contributed by atoms with E-state index in [1.54, 1.807) is 0 Å². The van der Waals surface area contributed by atoms with Gasteiger partial charge in [-0.15, -0.1) is 0 Å². The van der Waals surface area contributed by atoms with Gasteiger partial charge in [-0.3, -0.25) is 9.69 Å². The molecule has 21 heavy (non-hydrogen) atoms. The van der Waals surface area contributed by atoms with Crippen molar-refractivity contribution in [3.05, 3.63) is 34.4 Å². The lowest BCUT2D eigenvalue weighted by atomic mass is 9.97. The van der Waals surface area contributed by atoms with E-state index in [4.69, 9.17) is 0 Å². The molecule has 0 aliphatic carbocycles. The number of likely N-dealkylation sites (tertiary alicyclic amines) is 1. The van der Waals surface area contributed by atoms with Crippen LogP contribution in [-0.4, -0.2) is 55.4 Å². The van der Waals surface area contributed by atoms with Gasteiger partial charge in [-0.2, -0.15) is 0 Å². The maximum absolute atomic E-state index is 12.6. The van der Waals surface area contributed by atoms with Gasteiger partial charge in [0.05, 0.1) is 6.54 Å². The summed E-state index contributed by atoms with van der Waals surface area (Å²) in [6.45, 7) is 8.96. The lowest BCUT2D eigenvalue weighted by Gasteiger charge is -2.35. The van der Waals surface area contributed by atoms with E-state index in [0.717, 1.165) is 17.7 Å². The highest BCUT2D eigenvalue weighted by molar-refractivity contribution is 5.99. The van der Waals surface area contributed by atoms with Crippen LogP contribution in [0.15, 0.2) is 12.1 Å². The highest BCUT2D eigenvalue weighted by Gasteiger charge is 2.23. The Morgan fingerprint density at radius 1 is 1.24 bits per heavy atom. The Morgan fingerprint density at radius 2 is 1.90 bits per heavy atom. The normalized spacial score (nSPS) is 20.0. The molecule has 0 aromatic heterocycles. The van der Waals surface area contributed by atoms with Crippen LogP contribution in [-0.2, 0) is 0 Å². The van der Waals surface area contributed by atoms with E-state index in [1.165, 1.54) is 30.5 Å². The third-order valence-corrected chi connectivity index (χ3v) is 4.76. The van der Waals surface area contributed by atoms with Crippen molar-refractivity contribution in [3.8, 4) is 0 Å². The Hall–Kier alpha value is -1.19. The second kappa shape index (κ2) is 6.71. The molecule has 1 unspecified atom stereocenters. The fourth-order valence-electron chi connectivity index (χ4n) is 3.20. The Balaban J connectivity index is 2.05. The van der Waals surface area contributed by atoms with E-state index in [-0.39, 0.29) is 5.78 Å². The summed E-state index contributed by atoms with van der Waals surface area (Å²) in [4.78, 5) is 17.2. The monoisotopic (exact) mass is 288 g/mol. The Bertz CT molecular complexity index is 524. The van der Waals surface area contributed by atoms with Gasteiger partial charge in [0.1, 0.15) is 0 Å². The minimum Gasteiger partial charge on any atom is -0.305 e. The van der Waals surface area contributed by atoms with E-state index in [0.29, 0.717) is 12.6 Å². The van der Waals surface area contributed by atoms with Crippen LogP contribution < -0.4 is 0 Å². The third kappa shape index (κ3) is 3.92. The SMILES string of the molecule is Cc1cc(C)c(C(=O)CN(C)C2CCCN(C)C2)cc1C. The van der Waals surface area contributed by atoms with Gasteiger partial charge in [0.25, 0.3) is 0 Å². The second-order valence-corrected chi connectivity index (χ2v) is 6.65. The Labute approximate surface area is 128 Å². The molecule has 116 valence electrons. The molecule has 1 saturated heterocycles. The van der Waals surface area contributed by atoms with Crippen LogP contribution in [0.25, 0.3) is 0 Å². The van der Waals surface area contributed by atoms with Gasteiger partial charge in [0.2, 0.25) is 0 Å². The third-order valence-electron chi connectivity index (χ3n) is 4.76. The summed E-state index contributed by atoms with van der Waals surface area (Å²) in [7, 11) is 4.24. The maximum atomic E-state index is 12.6. The van der Waals surface area contributed by atoms with E-state index in [1.807, 2.05) is 13.0 Å². The molecular weight excluding hydrogens is 260 g/mol. The van der Waals surface area contributed by atoms with Gasteiger partial charge in [-0.1, -0.05) is 6.07 Å². The molecule has 0 amide bonds. The van der Waals surface area contributed by atoms with Gasteiger partial charge in [0.15, 0.2) is 5.78 Å². The lowest BCUT2D eigenvalue weighted by Crippen LogP contribution is -2.46. The minimum absolute atomic E-state index is 0.242. The number of hydrogen-bond acceptors (Lipinski definition) is 3. The molecule has 1 aromatic carbocycles. The van der Waals surface area contributed by atoms with Crippen molar-refractivity contribution in [3.63, 3.8) is 0 Å². The molecule has 0 radical (unpaired) electrons. The summed E-state index contributed by atoms with van der Waals surface area (Å²) in [6, 6.07) is 4.67. The number of ketones is 1. The average Bonchev–Trinajstić information content (AvgIpc) is 2.42.